The standard InChI is InChI=1S/C15H19FO2/c1-2-18-12-7-11-9-17-10-15(11,8-12)13-5-3-4-6-14(13)16/h3-6,11-12H,2,7-10H2,1H3/t11-,12+,15-/m0/s1. The Kier molecular flexibility index (Phi) is 3.12. The van der Waals surface area contributed by atoms with Crippen molar-refractivity contribution < 1.29 is 13.9 Å². The summed E-state index contributed by atoms with van der Waals surface area (Å²) in [7, 11) is 0. The van der Waals surface area contributed by atoms with E-state index in [-0.39, 0.29) is 17.3 Å². The molecule has 0 N–H and O–H groups in total. The lowest BCUT2D eigenvalue weighted by Crippen LogP contribution is -2.31. The largest absolute Gasteiger partial charge is 0.380 e. The number of hydrogen-bond acceptors (Lipinski definition) is 2. The van der Waals surface area contributed by atoms with E-state index in [1.807, 2.05) is 19.1 Å². The van der Waals surface area contributed by atoms with E-state index < -0.39 is 0 Å². The van der Waals surface area contributed by atoms with E-state index in [1.165, 1.54) is 0 Å². The maximum Gasteiger partial charge on any atom is 0.127 e. The van der Waals surface area contributed by atoms with Crippen LogP contribution in [0.4, 0.5) is 4.39 Å². The lowest BCUT2D eigenvalue weighted by molar-refractivity contribution is 0.0480. The molecule has 98 valence electrons. The fourth-order valence-electron chi connectivity index (χ4n) is 3.62. The molecule has 2 nitrogen and oxygen atoms in total. The van der Waals surface area contributed by atoms with E-state index in [4.69, 9.17) is 9.47 Å². The first kappa shape index (κ1) is 12.1. The molecule has 1 aliphatic heterocycles. The molecule has 1 saturated heterocycles. The van der Waals surface area contributed by atoms with Crippen molar-refractivity contribution in [1.82, 2.24) is 0 Å². The monoisotopic (exact) mass is 250 g/mol. The first-order valence-corrected chi connectivity index (χ1v) is 6.70. The molecule has 1 heterocycles. The molecule has 3 atom stereocenters. The molecular formula is C15H19FO2. The summed E-state index contributed by atoms with van der Waals surface area (Å²) in [6.45, 7) is 4.10. The second kappa shape index (κ2) is 4.63. The van der Waals surface area contributed by atoms with Crippen LogP contribution >= 0.6 is 0 Å². The van der Waals surface area contributed by atoms with Gasteiger partial charge in [-0.2, -0.15) is 0 Å². The van der Waals surface area contributed by atoms with Gasteiger partial charge in [-0.25, -0.2) is 4.39 Å². The maximum atomic E-state index is 14.1. The Morgan fingerprint density at radius 1 is 1.44 bits per heavy atom. The van der Waals surface area contributed by atoms with Crippen molar-refractivity contribution in [2.45, 2.75) is 31.3 Å². The lowest BCUT2D eigenvalue weighted by Gasteiger charge is -2.28. The third-order valence-electron chi connectivity index (χ3n) is 4.41. The van der Waals surface area contributed by atoms with Gasteiger partial charge in [-0.05, 0) is 37.3 Å². The number of benzene rings is 1. The Morgan fingerprint density at radius 3 is 3.06 bits per heavy atom. The zero-order valence-corrected chi connectivity index (χ0v) is 10.7. The van der Waals surface area contributed by atoms with Crippen molar-refractivity contribution in [3.05, 3.63) is 35.6 Å². The highest BCUT2D eigenvalue weighted by Crippen LogP contribution is 2.51. The van der Waals surface area contributed by atoms with Gasteiger partial charge in [-0.15, -0.1) is 0 Å². The van der Waals surface area contributed by atoms with Crippen LogP contribution in [0.1, 0.15) is 25.3 Å². The number of hydrogen-bond donors (Lipinski definition) is 0. The van der Waals surface area contributed by atoms with Gasteiger partial charge in [-0.3, -0.25) is 0 Å². The van der Waals surface area contributed by atoms with E-state index in [2.05, 4.69) is 0 Å². The topological polar surface area (TPSA) is 18.5 Å². The Morgan fingerprint density at radius 2 is 2.28 bits per heavy atom. The van der Waals surface area contributed by atoms with Crippen LogP contribution in [0.2, 0.25) is 0 Å². The zero-order chi connectivity index (χ0) is 12.6. The molecule has 3 rings (SSSR count). The zero-order valence-electron chi connectivity index (χ0n) is 10.7. The highest BCUT2D eigenvalue weighted by atomic mass is 19.1. The van der Waals surface area contributed by atoms with Gasteiger partial charge in [0.05, 0.1) is 19.3 Å². The number of ether oxygens (including phenoxy) is 2. The van der Waals surface area contributed by atoms with Gasteiger partial charge in [-0.1, -0.05) is 18.2 Å². The highest BCUT2D eigenvalue weighted by Gasteiger charge is 2.53. The molecular weight excluding hydrogens is 231 g/mol. The van der Waals surface area contributed by atoms with Gasteiger partial charge in [0.15, 0.2) is 0 Å². The van der Waals surface area contributed by atoms with Gasteiger partial charge in [0.2, 0.25) is 0 Å². The van der Waals surface area contributed by atoms with Crippen molar-refractivity contribution >= 4 is 0 Å². The minimum absolute atomic E-state index is 0.106. The molecule has 3 heteroatoms. The second-order valence-corrected chi connectivity index (χ2v) is 5.37. The number of fused-ring (bicyclic) bond motifs is 1. The van der Waals surface area contributed by atoms with Gasteiger partial charge in [0.25, 0.3) is 0 Å². The molecule has 0 radical (unpaired) electrons. The van der Waals surface area contributed by atoms with Crippen molar-refractivity contribution in [1.29, 1.82) is 0 Å². The summed E-state index contributed by atoms with van der Waals surface area (Å²) < 4.78 is 25.5. The van der Waals surface area contributed by atoms with Gasteiger partial charge < -0.3 is 9.47 Å². The predicted octanol–water partition coefficient (Wildman–Crippen LogP) is 2.91. The van der Waals surface area contributed by atoms with Crippen LogP contribution in [0.25, 0.3) is 0 Å². The first-order chi connectivity index (χ1) is 8.76. The number of rotatable bonds is 3. The molecule has 0 aromatic heterocycles. The SMILES string of the molecule is CCO[C@@H]1C[C@H]2COC[C@@]2(c2ccccc2F)C1. The number of halogens is 1. The van der Waals surface area contributed by atoms with Crippen LogP contribution in [0.5, 0.6) is 0 Å². The van der Waals surface area contributed by atoms with Crippen LogP contribution in [0.15, 0.2) is 24.3 Å². The molecule has 0 bridgehead atoms. The molecule has 1 aromatic carbocycles. The molecule has 1 saturated carbocycles. The van der Waals surface area contributed by atoms with Crippen LogP contribution < -0.4 is 0 Å². The molecule has 0 unspecified atom stereocenters. The van der Waals surface area contributed by atoms with Crippen LogP contribution in [-0.4, -0.2) is 25.9 Å². The van der Waals surface area contributed by atoms with Crippen molar-refractivity contribution in [2.24, 2.45) is 5.92 Å². The minimum Gasteiger partial charge on any atom is -0.380 e. The van der Waals surface area contributed by atoms with E-state index in [0.29, 0.717) is 12.5 Å². The normalized spacial score (nSPS) is 34.8. The second-order valence-electron chi connectivity index (χ2n) is 5.37. The molecule has 0 spiro atoms. The smallest absolute Gasteiger partial charge is 0.127 e. The average Bonchev–Trinajstić information content (AvgIpc) is 2.87. The third kappa shape index (κ3) is 1.77. The van der Waals surface area contributed by atoms with Crippen LogP contribution in [0, 0.1) is 11.7 Å². The summed E-state index contributed by atoms with van der Waals surface area (Å²) in [5.74, 6) is 0.288. The third-order valence-corrected chi connectivity index (χ3v) is 4.41. The van der Waals surface area contributed by atoms with Crippen molar-refractivity contribution in [2.75, 3.05) is 19.8 Å². The quantitative estimate of drug-likeness (QED) is 0.821. The Labute approximate surface area is 107 Å². The minimum atomic E-state index is -0.162. The summed E-state index contributed by atoms with van der Waals surface area (Å²) in [4.78, 5) is 0. The summed E-state index contributed by atoms with van der Waals surface area (Å²) >= 11 is 0. The summed E-state index contributed by atoms with van der Waals surface area (Å²) in [6, 6.07) is 7.12. The van der Waals surface area contributed by atoms with Crippen molar-refractivity contribution in [3.8, 4) is 0 Å². The van der Waals surface area contributed by atoms with Crippen LogP contribution in [-0.2, 0) is 14.9 Å². The Bertz CT molecular complexity index is 434. The van der Waals surface area contributed by atoms with Crippen molar-refractivity contribution in [3.63, 3.8) is 0 Å². The molecule has 2 aliphatic rings. The highest BCUT2D eigenvalue weighted by molar-refractivity contribution is 5.32. The molecule has 2 fully saturated rings. The Balaban J connectivity index is 1.95. The summed E-state index contributed by atoms with van der Waals surface area (Å²) in [5, 5.41) is 0. The van der Waals surface area contributed by atoms with E-state index in [9.17, 15) is 4.39 Å². The first-order valence-electron chi connectivity index (χ1n) is 6.70. The maximum absolute atomic E-state index is 14.1. The van der Waals surface area contributed by atoms with E-state index in [1.54, 1.807) is 12.1 Å². The predicted molar refractivity (Wildman–Crippen MR) is 67.0 cm³/mol. The lowest BCUT2D eigenvalue weighted by atomic mass is 9.74. The summed E-state index contributed by atoms with van der Waals surface area (Å²) in [5.41, 5.74) is 0.653. The van der Waals surface area contributed by atoms with Gasteiger partial charge in [0.1, 0.15) is 5.82 Å². The average molecular weight is 250 g/mol. The van der Waals surface area contributed by atoms with Crippen LogP contribution in [0.3, 0.4) is 0 Å². The molecule has 0 amide bonds. The van der Waals surface area contributed by atoms with Gasteiger partial charge in [0, 0.05) is 12.0 Å². The summed E-state index contributed by atoms with van der Waals surface area (Å²) in [6.07, 6.45) is 2.12. The van der Waals surface area contributed by atoms with Gasteiger partial charge >= 0.3 is 0 Å². The fourth-order valence-corrected chi connectivity index (χ4v) is 3.62. The fraction of sp³-hybridized carbons (Fsp3) is 0.600. The molecule has 18 heavy (non-hydrogen) atoms. The molecule has 1 aliphatic carbocycles. The Hall–Kier alpha value is -0.930. The van der Waals surface area contributed by atoms with E-state index >= 15 is 0 Å². The molecule has 1 aromatic rings. The van der Waals surface area contributed by atoms with E-state index in [0.717, 1.165) is 31.6 Å².